The summed E-state index contributed by atoms with van der Waals surface area (Å²) in [6, 6.07) is 12.7. The minimum Gasteiger partial charge on any atom is -0.484 e. The fraction of sp³-hybridized carbons (Fsp3) is 0.500. The van der Waals surface area contributed by atoms with Crippen LogP contribution in [0.2, 0.25) is 0 Å². The van der Waals surface area contributed by atoms with E-state index in [2.05, 4.69) is 21.3 Å². The van der Waals surface area contributed by atoms with Crippen LogP contribution in [0.25, 0.3) is 0 Å². The number of hydrogen-bond donors (Lipinski definition) is 5. The first-order valence-electron chi connectivity index (χ1n) is 17.2. The van der Waals surface area contributed by atoms with Gasteiger partial charge in [0.05, 0.1) is 18.7 Å². The Hall–Kier alpha value is -4.98. The molecule has 2 saturated heterocycles. The second-order valence-electron chi connectivity index (χ2n) is 13.7. The Morgan fingerprint density at radius 3 is 2.38 bits per heavy atom. The van der Waals surface area contributed by atoms with Crippen molar-refractivity contribution in [3.05, 3.63) is 65.7 Å². The summed E-state index contributed by atoms with van der Waals surface area (Å²) in [5, 5.41) is 21.8. The highest BCUT2D eigenvalue weighted by atomic mass is 16.5. The van der Waals surface area contributed by atoms with Crippen LogP contribution in [0.15, 0.2) is 54.6 Å². The second-order valence-corrected chi connectivity index (χ2v) is 13.7. The Morgan fingerprint density at radius 1 is 0.900 bits per heavy atom. The number of fused-ring (bicyclic) bond motifs is 4. The van der Waals surface area contributed by atoms with E-state index in [-0.39, 0.29) is 62.7 Å². The van der Waals surface area contributed by atoms with Gasteiger partial charge >= 0.3 is 0 Å². The first kappa shape index (κ1) is 34.9. The third-order valence-electron chi connectivity index (χ3n) is 9.73. The van der Waals surface area contributed by atoms with E-state index in [9.17, 15) is 33.9 Å². The summed E-state index contributed by atoms with van der Waals surface area (Å²) in [5.74, 6) is -2.51. The minimum absolute atomic E-state index is 0.165. The molecular weight excluding hydrogens is 644 g/mol. The Kier molecular flexibility index (Phi) is 10.7. The van der Waals surface area contributed by atoms with Crippen molar-refractivity contribution < 1.29 is 38.6 Å². The number of nitrogens with zero attached hydrogens (tertiary/aromatic N) is 2. The van der Waals surface area contributed by atoms with Crippen molar-refractivity contribution in [2.75, 3.05) is 32.8 Å². The molecule has 2 bridgehead atoms. The maximum atomic E-state index is 14.1. The minimum atomic E-state index is -1.32. The molecule has 2 aromatic rings. The fourth-order valence-corrected chi connectivity index (χ4v) is 6.87. The molecule has 0 spiro atoms. The van der Waals surface area contributed by atoms with Gasteiger partial charge in [0, 0.05) is 38.4 Å². The van der Waals surface area contributed by atoms with Crippen molar-refractivity contribution in [3.63, 3.8) is 0 Å². The van der Waals surface area contributed by atoms with Crippen LogP contribution in [0.1, 0.15) is 49.7 Å². The van der Waals surface area contributed by atoms with Gasteiger partial charge in [0.1, 0.15) is 23.9 Å². The van der Waals surface area contributed by atoms with Crippen molar-refractivity contribution in [2.24, 2.45) is 5.92 Å². The van der Waals surface area contributed by atoms with Gasteiger partial charge in [-0.25, -0.2) is 0 Å². The molecule has 14 nitrogen and oxygen atoms in total. The molecule has 3 heterocycles. The van der Waals surface area contributed by atoms with Gasteiger partial charge < -0.3 is 40.9 Å². The molecule has 1 aliphatic carbocycles. The largest absolute Gasteiger partial charge is 0.484 e. The molecule has 266 valence electrons. The lowest BCUT2D eigenvalue weighted by Crippen LogP contribution is -2.58. The summed E-state index contributed by atoms with van der Waals surface area (Å²) in [4.78, 5) is 82.9. The van der Waals surface area contributed by atoms with E-state index in [1.165, 1.54) is 11.8 Å². The molecule has 1 saturated carbocycles. The zero-order chi connectivity index (χ0) is 35.4. The maximum Gasteiger partial charge on any atom is 0.258 e. The Labute approximate surface area is 290 Å². The predicted molar refractivity (Wildman–Crippen MR) is 179 cm³/mol. The van der Waals surface area contributed by atoms with Crippen LogP contribution in [0.3, 0.4) is 0 Å². The summed E-state index contributed by atoms with van der Waals surface area (Å²) in [7, 11) is 0. The number of likely N-dealkylation sites (tertiary alicyclic amines) is 1. The number of benzene rings is 2. The van der Waals surface area contributed by atoms with Crippen LogP contribution in [0, 0.1) is 5.92 Å². The topological polar surface area (TPSA) is 186 Å². The van der Waals surface area contributed by atoms with Crippen molar-refractivity contribution in [3.8, 4) is 5.75 Å². The first-order valence-corrected chi connectivity index (χ1v) is 17.2. The molecule has 3 aliphatic heterocycles. The molecule has 5 N–H and O–H groups in total. The molecule has 6 amide bonds. The molecule has 4 aliphatic rings. The van der Waals surface area contributed by atoms with Gasteiger partial charge in [-0.1, -0.05) is 42.5 Å². The number of carbonyl (C=O) groups excluding carboxylic acids is 6. The highest BCUT2D eigenvalue weighted by Gasteiger charge is 2.42. The second kappa shape index (κ2) is 15.3. The van der Waals surface area contributed by atoms with Crippen molar-refractivity contribution in [1.29, 1.82) is 0 Å². The lowest BCUT2D eigenvalue weighted by Gasteiger charge is -2.30. The first-order chi connectivity index (χ1) is 24.0. The van der Waals surface area contributed by atoms with Gasteiger partial charge in [-0.2, -0.15) is 0 Å². The number of aliphatic hydroxyl groups is 1. The van der Waals surface area contributed by atoms with Gasteiger partial charge in [0.2, 0.25) is 29.5 Å². The zero-order valence-electron chi connectivity index (χ0n) is 28.0. The Morgan fingerprint density at radius 2 is 1.68 bits per heavy atom. The van der Waals surface area contributed by atoms with Crippen LogP contribution in [0.4, 0.5) is 0 Å². The molecule has 3 fully saturated rings. The maximum absolute atomic E-state index is 14.1. The van der Waals surface area contributed by atoms with Crippen LogP contribution >= 0.6 is 0 Å². The average Bonchev–Trinajstić information content (AvgIpc) is 3.65. The number of hydrogen-bond acceptors (Lipinski definition) is 8. The predicted octanol–water partition coefficient (Wildman–Crippen LogP) is -0.400. The quantitative estimate of drug-likeness (QED) is 0.271. The molecule has 6 rings (SSSR count). The van der Waals surface area contributed by atoms with Gasteiger partial charge in [-0.05, 0) is 55.4 Å². The monoisotopic (exact) mass is 688 g/mol. The van der Waals surface area contributed by atoms with E-state index in [0.29, 0.717) is 12.2 Å². The van der Waals surface area contributed by atoms with E-state index >= 15 is 0 Å². The number of nitrogens with one attached hydrogen (secondary N) is 4. The molecule has 14 heteroatoms. The SMILES string of the molecule is C[C@@H](O)[C@@H]1NC(=O)COc2cccc(c2)[C@H]2CN(C(=O)[C@@H]3CCC(=O)N3)C[C@@H]2NC(=O)[C@H](Cc2ccccc2)NC(=O)CN(CC2CC2)C1=O. The Balaban J connectivity index is 1.32. The summed E-state index contributed by atoms with van der Waals surface area (Å²) in [6.07, 6.45) is 1.34. The number of rotatable bonds is 6. The number of ether oxygens (including phenoxy) is 1. The third-order valence-corrected chi connectivity index (χ3v) is 9.73. The van der Waals surface area contributed by atoms with Crippen molar-refractivity contribution in [1.82, 2.24) is 31.1 Å². The molecule has 0 unspecified atom stereocenters. The Bertz CT molecular complexity index is 1610. The van der Waals surface area contributed by atoms with E-state index in [4.69, 9.17) is 4.74 Å². The molecular formula is C36H44N6O8. The smallest absolute Gasteiger partial charge is 0.258 e. The molecule has 2 aromatic carbocycles. The third kappa shape index (κ3) is 8.59. The standard InChI is InChI=1S/C36H44N6O8/c1-21(43)33-36(49)41(16-23-10-11-23)19-31(45)38-28(14-22-6-3-2-4-7-22)34(47)39-29-18-42(35(48)27-12-13-30(44)37-27)17-26(29)24-8-5-9-25(15-24)50-20-32(46)40-33/h2-9,15,21,23,26-29,33,43H,10-14,16-20H2,1H3,(H,37,44)(H,38,45)(H,39,47)(H,40,46)/t21-,26-,27+,28+,29+,33+/m1/s1. The van der Waals surface area contributed by atoms with E-state index in [0.717, 1.165) is 24.0 Å². The number of carbonyl (C=O) groups is 6. The molecule has 0 aromatic heterocycles. The van der Waals surface area contributed by atoms with Crippen LogP contribution < -0.4 is 26.0 Å². The van der Waals surface area contributed by atoms with Gasteiger partial charge in [-0.3, -0.25) is 28.8 Å². The number of aliphatic hydroxyl groups excluding tert-OH is 1. The summed E-state index contributed by atoms with van der Waals surface area (Å²) < 4.78 is 5.81. The number of amides is 6. The van der Waals surface area contributed by atoms with Crippen LogP contribution in [0.5, 0.6) is 5.75 Å². The van der Waals surface area contributed by atoms with Gasteiger partial charge in [0.25, 0.3) is 5.91 Å². The van der Waals surface area contributed by atoms with E-state index in [1.54, 1.807) is 23.1 Å². The molecule has 6 atom stereocenters. The van der Waals surface area contributed by atoms with Crippen molar-refractivity contribution >= 4 is 35.4 Å². The van der Waals surface area contributed by atoms with Crippen LogP contribution in [-0.4, -0.2) is 113 Å². The lowest BCUT2D eigenvalue weighted by molar-refractivity contribution is -0.143. The fourth-order valence-electron chi connectivity index (χ4n) is 6.87. The lowest BCUT2D eigenvalue weighted by atomic mass is 9.93. The average molecular weight is 689 g/mol. The summed E-state index contributed by atoms with van der Waals surface area (Å²) in [5.41, 5.74) is 1.55. The highest BCUT2D eigenvalue weighted by molar-refractivity contribution is 5.94. The van der Waals surface area contributed by atoms with E-state index in [1.807, 2.05) is 36.4 Å². The molecule has 50 heavy (non-hydrogen) atoms. The highest BCUT2D eigenvalue weighted by Crippen LogP contribution is 2.32. The summed E-state index contributed by atoms with van der Waals surface area (Å²) >= 11 is 0. The van der Waals surface area contributed by atoms with Crippen LogP contribution in [-0.2, 0) is 35.2 Å². The normalized spacial score (nSPS) is 27.2. The molecule has 0 radical (unpaired) electrons. The summed E-state index contributed by atoms with van der Waals surface area (Å²) in [6.45, 7) is 1.26. The zero-order valence-corrected chi connectivity index (χ0v) is 28.0. The van der Waals surface area contributed by atoms with Gasteiger partial charge in [-0.15, -0.1) is 0 Å². The van der Waals surface area contributed by atoms with E-state index < -0.39 is 60.5 Å². The van der Waals surface area contributed by atoms with Gasteiger partial charge in [0.15, 0.2) is 6.61 Å². The van der Waals surface area contributed by atoms with Crippen molar-refractivity contribution in [2.45, 2.75) is 75.2 Å².